The van der Waals surface area contributed by atoms with Gasteiger partial charge >= 0.3 is 0 Å². The van der Waals surface area contributed by atoms with E-state index in [2.05, 4.69) is 49.0 Å². The van der Waals surface area contributed by atoms with Gasteiger partial charge in [-0.3, -0.25) is 0 Å². The molecule has 4 heteroatoms. The average molecular weight is 293 g/mol. The molecule has 4 nitrogen and oxygen atoms in total. The second kappa shape index (κ2) is 8.35. The minimum Gasteiger partial charge on any atom is -0.476 e. The van der Waals surface area contributed by atoms with Crippen molar-refractivity contribution in [1.29, 1.82) is 0 Å². The van der Waals surface area contributed by atoms with Crippen LogP contribution in [0.1, 0.15) is 45.4 Å². The van der Waals surface area contributed by atoms with Crippen LogP contribution in [0.15, 0.2) is 12.1 Å². The lowest BCUT2D eigenvalue weighted by molar-refractivity contribution is 0.252. The summed E-state index contributed by atoms with van der Waals surface area (Å²) < 4.78 is 5.82. The first-order valence-corrected chi connectivity index (χ1v) is 7.82. The molecule has 1 aromatic heterocycles. The van der Waals surface area contributed by atoms with E-state index in [-0.39, 0.29) is 5.41 Å². The molecule has 0 saturated heterocycles. The first-order chi connectivity index (χ1) is 9.82. The van der Waals surface area contributed by atoms with E-state index < -0.39 is 0 Å². The molecule has 1 rings (SSSR count). The summed E-state index contributed by atoms with van der Waals surface area (Å²) in [5.74, 6) is 0.734. The van der Waals surface area contributed by atoms with Crippen LogP contribution in [0.3, 0.4) is 0 Å². The summed E-state index contributed by atoms with van der Waals surface area (Å²) in [5.41, 5.74) is 2.35. The highest BCUT2D eigenvalue weighted by atomic mass is 16.5. The van der Waals surface area contributed by atoms with Gasteiger partial charge in [-0.05, 0) is 38.7 Å². The SMILES string of the molecule is CCCNCc1cc(OCCN(C)C)nc(C(C)(C)C)c1. The van der Waals surface area contributed by atoms with Crippen LogP contribution in [0.4, 0.5) is 0 Å². The summed E-state index contributed by atoms with van der Waals surface area (Å²) in [7, 11) is 4.09. The van der Waals surface area contributed by atoms with Crippen LogP contribution in [-0.2, 0) is 12.0 Å². The maximum atomic E-state index is 5.82. The largest absolute Gasteiger partial charge is 0.476 e. The molecule has 0 amide bonds. The van der Waals surface area contributed by atoms with Crippen LogP contribution in [0.25, 0.3) is 0 Å². The first-order valence-electron chi connectivity index (χ1n) is 7.82. The van der Waals surface area contributed by atoms with E-state index in [1.807, 2.05) is 20.2 Å². The van der Waals surface area contributed by atoms with Crippen LogP contribution in [0.5, 0.6) is 5.88 Å². The maximum absolute atomic E-state index is 5.82. The van der Waals surface area contributed by atoms with Crippen molar-refractivity contribution in [1.82, 2.24) is 15.2 Å². The molecule has 0 fully saturated rings. The molecule has 0 saturated carbocycles. The number of hydrogen-bond donors (Lipinski definition) is 1. The summed E-state index contributed by atoms with van der Waals surface area (Å²) in [4.78, 5) is 6.77. The van der Waals surface area contributed by atoms with E-state index >= 15 is 0 Å². The lowest BCUT2D eigenvalue weighted by atomic mass is 9.91. The lowest BCUT2D eigenvalue weighted by Gasteiger charge is -2.20. The second-order valence-corrected chi connectivity index (χ2v) is 6.78. The standard InChI is InChI=1S/C17H31N3O/c1-7-8-18-13-14-11-15(17(2,3)4)19-16(12-14)21-10-9-20(5)6/h11-12,18H,7-10,13H2,1-6H3. The quantitative estimate of drug-likeness (QED) is 0.748. The Bertz CT molecular complexity index is 425. The molecule has 0 unspecified atom stereocenters. The average Bonchev–Trinajstić information content (AvgIpc) is 2.37. The van der Waals surface area contributed by atoms with E-state index in [9.17, 15) is 0 Å². The van der Waals surface area contributed by atoms with Gasteiger partial charge in [-0.15, -0.1) is 0 Å². The van der Waals surface area contributed by atoms with Crippen molar-refractivity contribution in [2.75, 3.05) is 33.8 Å². The molecule has 0 radical (unpaired) electrons. The third kappa shape index (κ3) is 6.91. The Labute approximate surface area is 129 Å². The summed E-state index contributed by atoms with van der Waals surface area (Å²) in [5, 5.41) is 3.44. The third-order valence-electron chi connectivity index (χ3n) is 3.17. The fourth-order valence-corrected chi connectivity index (χ4v) is 1.86. The Kier molecular flexibility index (Phi) is 7.12. The number of nitrogens with zero attached hydrogens (tertiary/aromatic N) is 2. The number of rotatable bonds is 8. The molecular formula is C17H31N3O. The highest BCUT2D eigenvalue weighted by Crippen LogP contribution is 2.24. The first kappa shape index (κ1) is 17.9. The fraction of sp³-hybridized carbons (Fsp3) is 0.706. The van der Waals surface area contributed by atoms with Crippen molar-refractivity contribution in [3.63, 3.8) is 0 Å². The van der Waals surface area contributed by atoms with Crippen molar-refractivity contribution in [2.24, 2.45) is 0 Å². The van der Waals surface area contributed by atoms with Crippen LogP contribution in [-0.4, -0.2) is 43.7 Å². The number of ether oxygens (including phenoxy) is 1. The Morgan fingerprint density at radius 2 is 1.95 bits per heavy atom. The van der Waals surface area contributed by atoms with Crippen molar-refractivity contribution in [2.45, 2.75) is 46.1 Å². The molecule has 0 bridgehead atoms. The van der Waals surface area contributed by atoms with Crippen molar-refractivity contribution < 1.29 is 4.74 Å². The van der Waals surface area contributed by atoms with Gasteiger partial charge in [-0.2, -0.15) is 0 Å². The van der Waals surface area contributed by atoms with E-state index in [1.165, 1.54) is 5.56 Å². The van der Waals surface area contributed by atoms with E-state index in [0.717, 1.165) is 37.6 Å². The molecule has 0 aliphatic rings. The van der Waals surface area contributed by atoms with Crippen LogP contribution < -0.4 is 10.1 Å². The van der Waals surface area contributed by atoms with Gasteiger partial charge in [0.15, 0.2) is 0 Å². The van der Waals surface area contributed by atoms with Crippen LogP contribution in [0.2, 0.25) is 0 Å². The van der Waals surface area contributed by atoms with Gasteiger partial charge in [0.2, 0.25) is 5.88 Å². The van der Waals surface area contributed by atoms with E-state index in [0.29, 0.717) is 6.61 Å². The molecule has 0 spiro atoms. The molecule has 0 aromatic carbocycles. The molecule has 21 heavy (non-hydrogen) atoms. The van der Waals surface area contributed by atoms with Crippen molar-refractivity contribution >= 4 is 0 Å². The molecule has 1 heterocycles. The van der Waals surface area contributed by atoms with Gasteiger partial charge in [0.25, 0.3) is 0 Å². The molecule has 1 aromatic rings. The van der Waals surface area contributed by atoms with Gasteiger partial charge in [0.05, 0.1) is 5.69 Å². The number of hydrogen-bond acceptors (Lipinski definition) is 4. The zero-order valence-electron chi connectivity index (χ0n) is 14.5. The predicted octanol–water partition coefficient (Wildman–Crippen LogP) is 2.82. The maximum Gasteiger partial charge on any atom is 0.213 e. The number of nitrogens with one attached hydrogen (secondary N) is 1. The fourth-order valence-electron chi connectivity index (χ4n) is 1.86. The van der Waals surface area contributed by atoms with Gasteiger partial charge in [0, 0.05) is 24.6 Å². The topological polar surface area (TPSA) is 37.4 Å². The second-order valence-electron chi connectivity index (χ2n) is 6.78. The van der Waals surface area contributed by atoms with E-state index in [4.69, 9.17) is 4.74 Å². The molecule has 0 aliphatic carbocycles. The predicted molar refractivity (Wildman–Crippen MR) is 89.0 cm³/mol. The third-order valence-corrected chi connectivity index (χ3v) is 3.17. The molecule has 1 N–H and O–H groups in total. The number of likely N-dealkylation sites (N-methyl/N-ethyl adjacent to an activating group) is 1. The summed E-state index contributed by atoms with van der Waals surface area (Å²) in [6, 6.07) is 4.23. The van der Waals surface area contributed by atoms with Crippen molar-refractivity contribution in [3.05, 3.63) is 23.4 Å². The smallest absolute Gasteiger partial charge is 0.213 e. The van der Waals surface area contributed by atoms with Gasteiger partial charge < -0.3 is 15.0 Å². The minimum absolute atomic E-state index is 0.0282. The Morgan fingerprint density at radius 3 is 2.52 bits per heavy atom. The Balaban J connectivity index is 2.82. The van der Waals surface area contributed by atoms with E-state index in [1.54, 1.807) is 0 Å². The molecule has 0 aliphatic heterocycles. The van der Waals surface area contributed by atoms with Gasteiger partial charge in [-0.1, -0.05) is 27.7 Å². The molecule has 120 valence electrons. The van der Waals surface area contributed by atoms with Crippen LogP contribution >= 0.6 is 0 Å². The Morgan fingerprint density at radius 1 is 1.24 bits per heavy atom. The summed E-state index contributed by atoms with van der Waals surface area (Å²) >= 11 is 0. The highest BCUT2D eigenvalue weighted by molar-refractivity contribution is 5.28. The van der Waals surface area contributed by atoms with Crippen molar-refractivity contribution in [3.8, 4) is 5.88 Å². The van der Waals surface area contributed by atoms with Crippen LogP contribution in [0, 0.1) is 0 Å². The zero-order valence-corrected chi connectivity index (χ0v) is 14.5. The van der Waals surface area contributed by atoms with Gasteiger partial charge in [-0.25, -0.2) is 4.98 Å². The molecule has 0 atom stereocenters. The lowest BCUT2D eigenvalue weighted by Crippen LogP contribution is -2.21. The summed E-state index contributed by atoms with van der Waals surface area (Å²) in [6.45, 7) is 12.2. The number of pyridine rings is 1. The summed E-state index contributed by atoms with van der Waals surface area (Å²) in [6.07, 6.45) is 1.14. The zero-order chi connectivity index (χ0) is 15.9. The van der Waals surface area contributed by atoms with Gasteiger partial charge in [0.1, 0.15) is 6.61 Å². The monoisotopic (exact) mass is 293 g/mol. The normalized spacial score (nSPS) is 12.0. The highest BCUT2D eigenvalue weighted by Gasteiger charge is 2.17. The number of aromatic nitrogens is 1. The minimum atomic E-state index is 0.0282. The Hall–Kier alpha value is -1.13. The molecular weight excluding hydrogens is 262 g/mol.